The molecular weight excluding hydrogens is 370 g/mol. The Balaban J connectivity index is 2.29. The summed E-state index contributed by atoms with van der Waals surface area (Å²) in [5.74, 6) is 0.959. The highest BCUT2D eigenvalue weighted by Crippen LogP contribution is 2.56. The van der Waals surface area contributed by atoms with Crippen LogP contribution in [0.3, 0.4) is 0 Å². The number of anilines is 1. The Morgan fingerprint density at radius 2 is 2.12 bits per heavy atom. The van der Waals surface area contributed by atoms with E-state index in [0.717, 1.165) is 17.0 Å². The first-order valence-electron chi connectivity index (χ1n) is 8.44. The summed E-state index contributed by atoms with van der Waals surface area (Å²) >= 11 is 1.77. The predicted molar refractivity (Wildman–Crippen MR) is 110 cm³/mol. The van der Waals surface area contributed by atoms with E-state index in [1.165, 1.54) is 14.6 Å². The molecule has 3 nitrogen and oxygen atoms in total. The molecule has 0 bridgehead atoms. The number of amides is 1. The molecule has 0 spiro atoms. The molecule has 1 aromatic carbocycles. The predicted octanol–water partition coefficient (Wildman–Crippen LogP) is 6.12. The number of thioether (sulfide) groups is 1. The fraction of sp³-hybridized carbons (Fsp3) is 0.474. The summed E-state index contributed by atoms with van der Waals surface area (Å²) in [6, 6.07) is 6.10. The average Bonchev–Trinajstić information content (AvgIpc) is 3.00. The molecule has 134 valence electrons. The molecule has 1 aromatic heterocycles. The fourth-order valence-corrected chi connectivity index (χ4v) is 7.62. The second-order valence-electron chi connectivity index (χ2n) is 6.86. The standard InChI is InChI=1S/C19H24NO2S3/c1-7-22-12-8-9-14-13(10-12)15-16(24-25-18(15)23-6)19(4,5)20(14)17(21)11(2)3/h8-11H,7H2,1-6H3/q+1. The molecule has 1 amide bonds. The zero-order valence-corrected chi connectivity index (χ0v) is 18.0. The normalized spacial score (nSPS) is 15.1. The van der Waals surface area contributed by atoms with Gasteiger partial charge in [0.1, 0.15) is 10.6 Å². The summed E-state index contributed by atoms with van der Waals surface area (Å²) < 4.78 is 7.03. The van der Waals surface area contributed by atoms with Crippen molar-refractivity contribution in [2.24, 2.45) is 5.92 Å². The van der Waals surface area contributed by atoms with Crippen LogP contribution < -0.4 is 9.64 Å². The maximum Gasteiger partial charge on any atom is 0.308 e. The first kappa shape index (κ1) is 18.7. The Bertz CT molecular complexity index is 811. The summed E-state index contributed by atoms with van der Waals surface area (Å²) in [6.07, 6.45) is 2.11. The minimum atomic E-state index is -0.355. The maximum absolute atomic E-state index is 13.1. The van der Waals surface area contributed by atoms with Crippen LogP contribution in [0, 0.1) is 5.92 Å². The molecule has 0 atom stereocenters. The van der Waals surface area contributed by atoms with Gasteiger partial charge in [0.25, 0.3) is 4.21 Å². The van der Waals surface area contributed by atoms with Gasteiger partial charge < -0.3 is 9.64 Å². The topological polar surface area (TPSA) is 29.5 Å². The van der Waals surface area contributed by atoms with Crippen molar-refractivity contribution in [2.75, 3.05) is 17.8 Å². The third-order valence-electron chi connectivity index (χ3n) is 4.44. The SMILES string of the molecule is CCOc1ccc2c(c1)-c1c(s[s+]c1SC)C(C)(C)N2C(=O)C(C)C. The van der Waals surface area contributed by atoms with Gasteiger partial charge in [0, 0.05) is 11.5 Å². The van der Waals surface area contributed by atoms with E-state index >= 15 is 0 Å². The molecule has 0 aliphatic carbocycles. The summed E-state index contributed by atoms with van der Waals surface area (Å²) in [6.45, 7) is 10.9. The zero-order valence-electron chi connectivity index (χ0n) is 15.5. The van der Waals surface area contributed by atoms with E-state index in [-0.39, 0.29) is 17.4 Å². The van der Waals surface area contributed by atoms with Crippen molar-refractivity contribution < 1.29 is 9.53 Å². The van der Waals surface area contributed by atoms with Crippen LogP contribution in [-0.2, 0) is 10.3 Å². The van der Waals surface area contributed by atoms with Gasteiger partial charge in [-0.1, -0.05) is 25.6 Å². The van der Waals surface area contributed by atoms with Gasteiger partial charge in [-0.3, -0.25) is 4.79 Å². The number of carbonyl (C=O) groups is 1. The Hall–Kier alpha value is -1.11. The van der Waals surface area contributed by atoms with E-state index < -0.39 is 0 Å². The molecule has 0 unspecified atom stereocenters. The molecule has 3 rings (SSSR count). The van der Waals surface area contributed by atoms with Gasteiger partial charge in [-0.25, -0.2) is 0 Å². The third-order valence-corrected chi connectivity index (χ3v) is 8.64. The van der Waals surface area contributed by atoms with Crippen molar-refractivity contribution in [1.29, 1.82) is 0 Å². The summed E-state index contributed by atoms with van der Waals surface area (Å²) in [7, 11) is 3.58. The number of rotatable bonds is 4. The summed E-state index contributed by atoms with van der Waals surface area (Å²) in [5, 5.41) is 0. The van der Waals surface area contributed by atoms with Gasteiger partial charge >= 0.3 is 10.3 Å². The Morgan fingerprint density at radius 3 is 2.72 bits per heavy atom. The van der Waals surface area contributed by atoms with E-state index in [0.29, 0.717) is 6.61 Å². The Kier molecular flexibility index (Phi) is 5.15. The molecule has 0 N–H and O–H groups in total. The Morgan fingerprint density at radius 1 is 1.40 bits per heavy atom. The number of carbonyl (C=O) groups excluding carboxylic acids is 1. The quantitative estimate of drug-likeness (QED) is 0.356. The van der Waals surface area contributed by atoms with Gasteiger partial charge in [0.2, 0.25) is 5.91 Å². The molecule has 1 aliphatic heterocycles. The van der Waals surface area contributed by atoms with Crippen LogP contribution in [0.4, 0.5) is 5.69 Å². The molecule has 1 aliphatic rings. The van der Waals surface area contributed by atoms with Gasteiger partial charge in [0.15, 0.2) is 10.3 Å². The van der Waals surface area contributed by atoms with Crippen LogP contribution in [0.2, 0.25) is 0 Å². The lowest BCUT2D eigenvalue weighted by molar-refractivity contribution is -0.122. The molecular formula is C19H24NO2S3+. The lowest BCUT2D eigenvalue weighted by atomic mass is 9.86. The molecule has 2 heterocycles. The van der Waals surface area contributed by atoms with Gasteiger partial charge in [-0.15, -0.1) is 0 Å². The lowest BCUT2D eigenvalue weighted by Gasteiger charge is -2.42. The average molecular weight is 395 g/mol. The van der Waals surface area contributed by atoms with Crippen LogP contribution in [0.25, 0.3) is 11.1 Å². The Labute approximate surface area is 161 Å². The summed E-state index contributed by atoms with van der Waals surface area (Å²) in [5.41, 5.74) is 3.01. The van der Waals surface area contributed by atoms with Crippen LogP contribution in [0.15, 0.2) is 22.4 Å². The van der Waals surface area contributed by atoms with E-state index in [2.05, 4.69) is 26.2 Å². The molecule has 6 heteroatoms. The van der Waals surface area contributed by atoms with Crippen LogP contribution in [0.1, 0.15) is 39.5 Å². The number of hydrogen-bond acceptors (Lipinski definition) is 4. The van der Waals surface area contributed by atoms with E-state index in [9.17, 15) is 4.79 Å². The zero-order chi connectivity index (χ0) is 18.4. The van der Waals surface area contributed by atoms with Crippen LogP contribution in [0.5, 0.6) is 5.75 Å². The molecule has 0 saturated heterocycles. The largest absolute Gasteiger partial charge is 0.494 e. The second-order valence-corrected chi connectivity index (χ2v) is 10.1. The molecule has 0 radical (unpaired) electrons. The fourth-order valence-electron chi connectivity index (χ4n) is 3.25. The molecule has 0 saturated carbocycles. The summed E-state index contributed by atoms with van der Waals surface area (Å²) in [4.78, 5) is 16.3. The van der Waals surface area contributed by atoms with Crippen molar-refractivity contribution in [3.8, 4) is 16.9 Å². The van der Waals surface area contributed by atoms with Crippen molar-refractivity contribution in [2.45, 2.75) is 44.4 Å². The van der Waals surface area contributed by atoms with Gasteiger partial charge in [-0.05, 0) is 45.2 Å². The monoisotopic (exact) mass is 394 g/mol. The number of nitrogens with zero attached hydrogens (tertiary/aromatic N) is 1. The number of fused-ring (bicyclic) bond motifs is 3. The van der Waals surface area contributed by atoms with Gasteiger partial charge in [0.05, 0.1) is 23.4 Å². The third kappa shape index (κ3) is 2.98. The number of ether oxygens (including phenoxy) is 1. The highest BCUT2D eigenvalue weighted by molar-refractivity contribution is 8.02. The minimum Gasteiger partial charge on any atom is -0.494 e. The van der Waals surface area contributed by atoms with Crippen molar-refractivity contribution in [3.63, 3.8) is 0 Å². The van der Waals surface area contributed by atoms with Crippen LogP contribution >= 0.6 is 32.4 Å². The van der Waals surface area contributed by atoms with E-state index in [1.54, 1.807) is 32.4 Å². The molecule has 0 fully saturated rings. The van der Waals surface area contributed by atoms with Crippen molar-refractivity contribution in [3.05, 3.63) is 23.1 Å². The second kappa shape index (κ2) is 6.89. The first-order valence-corrected chi connectivity index (χ1v) is 11.8. The number of hydrogen-bond donors (Lipinski definition) is 0. The van der Waals surface area contributed by atoms with E-state index in [1.807, 2.05) is 37.8 Å². The lowest BCUT2D eigenvalue weighted by Crippen LogP contribution is -2.49. The minimum absolute atomic E-state index is 0.0519. The van der Waals surface area contributed by atoms with E-state index in [4.69, 9.17) is 4.74 Å². The van der Waals surface area contributed by atoms with Gasteiger partial charge in [-0.2, -0.15) is 0 Å². The number of benzene rings is 1. The maximum atomic E-state index is 13.1. The smallest absolute Gasteiger partial charge is 0.308 e. The van der Waals surface area contributed by atoms with Crippen LogP contribution in [-0.4, -0.2) is 18.8 Å². The highest BCUT2D eigenvalue weighted by atomic mass is 32.9. The van der Waals surface area contributed by atoms with Crippen molar-refractivity contribution in [1.82, 2.24) is 0 Å². The first-order chi connectivity index (χ1) is 11.8. The molecule has 2 aromatic rings. The van der Waals surface area contributed by atoms with Crippen molar-refractivity contribution >= 4 is 44.0 Å². The highest BCUT2D eigenvalue weighted by Gasteiger charge is 2.47. The molecule has 25 heavy (non-hydrogen) atoms.